The summed E-state index contributed by atoms with van der Waals surface area (Å²) >= 11 is 0. The summed E-state index contributed by atoms with van der Waals surface area (Å²) in [6.07, 6.45) is 1.79. The Morgan fingerprint density at radius 3 is 2.84 bits per heavy atom. The molecule has 3 aromatic rings. The number of benzene rings is 1. The predicted octanol–water partition coefficient (Wildman–Crippen LogP) is 2.27. The van der Waals surface area contributed by atoms with Crippen LogP contribution in [0.3, 0.4) is 0 Å². The highest BCUT2D eigenvalue weighted by Gasteiger charge is 2.17. The number of H-pyrrole nitrogens is 1. The molecule has 2 N–H and O–H groups in total. The Morgan fingerprint density at radius 2 is 2.12 bits per heavy atom. The number of aliphatic hydroxyl groups excluding tert-OH is 1. The number of imidazole rings is 1. The molecule has 0 atom stereocenters. The average molecular weight is 342 g/mol. The van der Waals surface area contributed by atoms with Gasteiger partial charge in [-0.1, -0.05) is 12.1 Å². The third kappa shape index (κ3) is 3.89. The maximum atomic E-state index is 8.83. The van der Waals surface area contributed by atoms with Gasteiger partial charge in [-0.05, 0) is 25.1 Å². The lowest BCUT2D eigenvalue weighted by molar-refractivity contribution is 0.0871. The van der Waals surface area contributed by atoms with E-state index in [1.54, 1.807) is 13.4 Å². The number of rotatable bonds is 8. The number of aromatic amines is 1. The summed E-state index contributed by atoms with van der Waals surface area (Å²) in [5.41, 5.74) is 4.54. The van der Waals surface area contributed by atoms with Crippen LogP contribution in [0.4, 0.5) is 0 Å². The molecule has 0 bridgehead atoms. The highest BCUT2D eigenvalue weighted by molar-refractivity contribution is 5.77. The SMILES string of the molecule is COc1cccc(-c2ncn(CCOCCO)c2-c2cc(C)[nH]n2)c1. The van der Waals surface area contributed by atoms with Crippen LogP contribution >= 0.6 is 0 Å². The Kier molecular flexibility index (Phi) is 5.47. The molecule has 0 saturated heterocycles. The second-order valence-corrected chi connectivity index (χ2v) is 5.64. The summed E-state index contributed by atoms with van der Waals surface area (Å²) in [7, 11) is 1.65. The summed E-state index contributed by atoms with van der Waals surface area (Å²) in [5, 5.41) is 16.2. The molecule has 0 aliphatic carbocycles. The van der Waals surface area contributed by atoms with Gasteiger partial charge in [-0.2, -0.15) is 5.10 Å². The van der Waals surface area contributed by atoms with Crippen molar-refractivity contribution in [1.82, 2.24) is 19.7 Å². The number of nitrogens with one attached hydrogen (secondary N) is 1. The molecule has 0 saturated carbocycles. The first kappa shape index (κ1) is 17.2. The molecule has 0 fully saturated rings. The van der Waals surface area contributed by atoms with Crippen molar-refractivity contribution in [3.63, 3.8) is 0 Å². The number of hydrogen-bond acceptors (Lipinski definition) is 5. The van der Waals surface area contributed by atoms with E-state index in [2.05, 4.69) is 15.2 Å². The van der Waals surface area contributed by atoms with E-state index >= 15 is 0 Å². The van der Waals surface area contributed by atoms with Gasteiger partial charge in [0.2, 0.25) is 0 Å². The van der Waals surface area contributed by atoms with E-state index in [4.69, 9.17) is 14.6 Å². The molecule has 0 aliphatic heterocycles. The zero-order valence-electron chi connectivity index (χ0n) is 14.4. The van der Waals surface area contributed by atoms with Gasteiger partial charge >= 0.3 is 0 Å². The molecule has 0 spiro atoms. The summed E-state index contributed by atoms with van der Waals surface area (Å²) < 4.78 is 12.7. The topological polar surface area (TPSA) is 85.2 Å². The van der Waals surface area contributed by atoms with Gasteiger partial charge in [0.05, 0.1) is 44.6 Å². The molecular weight excluding hydrogens is 320 g/mol. The van der Waals surface area contributed by atoms with E-state index in [0.29, 0.717) is 19.8 Å². The molecular formula is C18H22N4O3. The van der Waals surface area contributed by atoms with Crippen LogP contribution in [0.2, 0.25) is 0 Å². The Morgan fingerprint density at radius 1 is 1.24 bits per heavy atom. The molecule has 0 unspecified atom stereocenters. The van der Waals surface area contributed by atoms with Crippen molar-refractivity contribution < 1.29 is 14.6 Å². The molecule has 0 aliphatic rings. The van der Waals surface area contributed by atoms with Crippen LogP contribution in [0.5, 0.6) is 5.75 Å². The molecule has 25 heavy (non-hydrogen) atoms. The third-order valence-corrected chi connectivity index (χ3v) is 3.84. The van der Waals surface area contributed by atoms with Gasteiger partial charge in [0.15, 0.2) is 0 Å². The second-order valence-electron chi connectivity index (χ2n) is 5.64. The number of aliphatic hydroxyl groups is 1. The fourth-order valence-electron chi connectivity index (χ4n) is 2.67. The highest BCUT2D eigenvalue weighted by atomic mass is 16.5. The number of methoxy groups -OCH3 is 1. The van der Waals surface area contributed by atoms with E-state index in [1.165, 1.54) is 0 Å². The smallest absolute Gasteiger partial charge is 0.119 e. The molecule has 3 rings (SSSR count). The summed E-state index contributed by atoms with van der Waals surface area (Å²) in [6.45, 7) is 3.43. The minimum Gasteiger partial charge on any atom is -0.497 e. The van der Waals surface area contributed by atoms with Crippen LogP contribution in [0.1, 0.15) is 5.69 Å². The molecule has 2 aromatic heterocycles. The monoisotopic (exact) mass is 342 g/mol. The second kappa shape index (κ2) is 7.96. The number of nitrogens with zero attached hydrogens (tertiary/aromatic N) is 3. The van der Waals surface area contributed by atoms with Gasteiger partial charge < -0.3 is 19.1 Å². The van der Waals surface area contributed by atoms with E-state index in [-0.39, 0.29) is 6.61 Å². The van der Waals surface area contributed by atoms with Crippen molar-refractivity contribution in [2.24, 2.45) is 0 Å². The Hall–Kier alpha value is -2.64. The Bertz CT molecular complexity index is 825. The first-order valence-electron chi connectivity index (χ1n) is 8.13. The largest absolute Gasteiger partial charge is 0.497 e. The van der Waals surface area contributed by atoms with E-state index in [9.17, 15) is 0 Å². The van der Waals surface area contributed by atoms with E-state index in [1.807, 2.05) is 41.8 Å². The van der Waals surface area contributed by atoms with Gasteiger partial charge in [-0.3, -0.25) is 5.10 Å². The quantitative estimate of drug-likeness (QED) is 0.613. The standard InChI is InChI=1S/C18H22N4O3/c1-13-10-16(21-20-13)18-17(14-4-3-5-15(11-14)24-2)19-12-22(18)6-8-25-9-7-23/h3-5,10-12,23H,6-9H2,1-2H3,(H,20,21). The summed E-state index contributed by atoms with van der Waals surface area (Å²) in [6, 6.07) is 9.79. The van der Waals surface area contributed by atoms with Crippen LogP contribution in [0.15, 0.2) is 36.7 Å². The molecule has 1 aromatic carbocycles. The highest BCUT2D eigenvalue weighted by Crippen LogP contribution is 2.32. The van der Waals surface area contributed by atoms with E-state index in [0.717, 1.165) is 34.1 Å². The number of aryl methyl sites for hydroxylation is 1. The lowest BCUT2D eigenvalue weighted by Gasteiger charge is -2.09. The molecule has 132 valence electrons. The normalized spacial score (nSPS) is 11.0. The van der Waals surface area contributed by atoms with Crippen molar-refractivity contribution in [2.75, 3.05) is 26.9 Å². The van der Waals surface area contributed by atoms with Crippen LogP contribution in [-0.2, 0) is 11.3 Å². The minimum absolute atomic E-state index is 0.0183. The lowest BCUT2D eigenvalue weighted by atomic mass is 10.1. The number of ether oxygens (including phenoxy) is 2. The first-order valence-corrected chi connectivity index (χ1v) is 8.13. The van der Waals surface area contributed by atoms with Crippen molar-refractivity contribution >= 4 is 0 Å². The van der Waals surface area contributed by atoms with Crippen molar-refractivity contribution in [1.29, 1.82) is 0 Å². The van der Waals surface area contributed by atoms with Crippen molar-refractivity contribution in [3.05, 3.63) is 42.4 Å². The molecule has 0 amide bonds. The lowest BCUT2D eigenvalue weighted by Crippen LogP contribution is -2.09. The van der Waals surface area contributed by atoms with Crippen LogP contribution in [0.25, 0.3) is 22.6 Å². The fraction of sp³-hybridized carbons (Fsp3) is 0.333. The average Bonchev–Trinajstić information content (AvgIpc) is 3.24. The van der Waals surface area contributed by atoms with Crippen LogP contribution in [0, 0.1) is 6.92 Å². The van der Waals surface area contributed by atoms with Gasteiger partial charge in [-0.25, -0.2) is 4.98 Å². The van der Waals surface area contributed by atoms with Gasteiger partial charge in [0.1, 0.15) is 11.4 Å². The molecule has 0 radical (unpaired) electrons. The zero-order valence-corrected chi connectivity index (χ0v) is 14.4. The van der Waals surface area contributed by atoms with Gasteiger partial charge in [0, 0.05) is 17.8 Å². The van der Waals surface area contributed by atoms with Crippen LogP contribution < -0.4 is 4.74 Å². The Labute approximate surface area is 146 Å². The Balaban J connectivity index is 1.98. The number of aromatic nitrogens is 4. The van der Waals surface area contributed by atoms with Gasteiger partial charge in [0.25, 0.3) is 0 Å². The zero-order chi connectivity index (χ0) is 17.6. The summed E-state index contributed by atoms with van der Waals surface area (Å²) in [4.78, 5) is 4.59. The fourth-order valence-corrected chi connectivity index (χ4v) is 2.67. The first-order chi connectivity index (χ1) is 12.2. The maximum Gasteiger partial charge on any atom is 0.119 e. The molecule has 7 nitrogen and oxygen atoms in total. The molecule has 2 heterocycles. The minimum atomic E-state index is 0.0183. The van der Waals surface area contributed by atoms with Gasteiger partial charge in [-0.15, -0.1) is 0 Å². The van der Waals surface area contributed by atoms with Crippen molar-refractivity contribution in [2.45, 2.75) is 13.5 Å². The van der Waals surface area contributed by atoms with E-state index < -0.39 is 0 Å². The maximum absolute atomic E-state index is 8.83. The van der Waals surface area contributed by atoms with Crippen LogP contribution in [-0.4, -0.2) is 51.8 Å². The number of hydrogen-bond donors (Lipinski definition) is 2. The third-order valence-electron chi connectivity index (χ3n) is 3.84. The van der Waals surface area contributed by atoms with Crippen molar-refractivity contribution in [3.8, 4) is 28.4 Å². The summed E-state index contributed by atoms with van der Waals surface area (Å²) in [5.74, 6) is 0.780. The predicted molar refractivity (Wildman–Crippen MR) is 94.4 cm³/mol. The molecule has 7 heteroatoms.